The molecule has 5 rings (SSSR count). The monoisotopic (exact) mass is 286 g/mol. The van der Waals surface area contributed by atoms with E-state index < -0.39 is 0 Å². The molecule has 4 aliphatic rings. The van der Waals surface area contributed by atoms with Crippen LogP contribution in [0.25, 0.3) is 0 Å². The fourth-order valence-electron chi connectivity index (χ4n) is 5.84. The number of benzene rings is 1. The van der Waals surface area contributed by atoms with E-state index in [9.17, 15) is 5.11 Å². The first kappa shape index (κ1) is 13.6. The topological polar surface area (TPSA) is 29.5 Å². The van der Waals surface area contributed by atoms with Gasteiger partial charge in [-0.1, -0.05) is 18.2 Å². The van der Waals surface area contributed by atoms with Gasteiger partial charge in [0.1, 0.15) is 5.75 Å². The highest BCUT2D eigenvalue weighted by atomic mass is 16.5. The average molecular weight is 286 g/mol. The van der Waals surface area contributed by atoms with Crippen molar-refractivity contribution in [2.75, 3.05) is 6.61 Å². The third-order valence-electron chi connectivity index (χ3n) is 6.18. The van der Waals surface area contributed by atoms with Gasteiger partial charge in [0.15, 0.2) is 0 Å². The van der Waals surface area contributed by atoms with Gasteiger partial charge in [0, 0.05) is 11.0 Å². The van der Waals surface area contributed by atoms with E-state index in [1.807, 2.05) is 25.1 Å². The van der Waals surface area contributed by atoms with E-state index in [1.165, 1.54) is 38.5 Å². The summed E-state index contributed by atoms with van der Waals surface area (Å²) in [5.41, 5.74) is 1.14. The molecule has 0 aliphatic heterocycles. The molecule has 4 bridgehead atoms. The first-order chi connectivity index (χ1) is 10.2. The Labute approximate surface area is 127 Å². The molecular weight excluding hydrogens is 260 g/mol. The third-order valence-corrected chi connectivity index (χ3v) is 6.18. The first-order valence-corrected chi connectivity index (χ1v) is 8.60. The summed E-state index contributed by atoms with van der Waals surface area (Å²) in [6.45, 7) is 2.67. The summed E-state index contributed by atoms with van der Waals surface area (Å²) in [6.07, 6.45) is 7.56. The van der Waals surface area contributed by atoms with E-state index >= 15 is 0 Å². The molecule has 1 N–H and O–H groups in total. The van der Waals surface area contributed by atoms with Crippen molar-refractivity contribution in [1.29, 1.82) is 0 Å². The normalized spacial score (nSPS) is 38.5. The first-order valence-electron chi connectivity index (χ1n) is 8.60. The minimum atomic E-state index is -0.353. The van der Waals surface area contributed by atoms with E-state index in [0.29, 0.717) is 6.61 Å². The molecule has 1 aromatic carbocycles. The fraction of sp³-hybridized carbons (Fsp3) is 0.684. The Morgan fingerprint density at radius 3 is 2.24 bits per heavy atom. The van der Waals surface area contributed by atoms with Crippen LogP contribution < -0.4 is 4.74 Å². The van der Waals surface area contributed by atoms with Crippen molar-refractivity contribution in [2.24, 2.45) is 23.2 Å². The second kappa shape index (κ2) is 5.01. The summed E-state index contributed by atoms with van der Waals surface area (Å²) in [6, 6.07) is 8.10. The highest BCUT2D eigenvalue weighted by molar-refractivity contribution is 5.36. The van der Waals surface area contributed by atoms with Crippen molar-refractivity contribution >= 4 is 0 Å². The standard InChI is InChI=1S/C19H26O2/c1-2-21-17-6-4-3-5-16(17)18(20)19-10-13-7-14(11-19)9-15(8-13)12-19/h3-6,13-15,18,20H,2,7-12H2,1H3. The molecule has 0 heterocycles. The number of para-hydroxylation sites is 1. The Hall–Kier alpha value is -1.02. The van der Waals surface area contributed by atoms with E-state index in [-0.39, 0.29) is 11.5 Å². The molecule has 1 aromatic rings. The van der Waals surface area contributed by atoms with Gasteiger partial charge in [-0.3, -0.25) is 0 Å². The lowest BCUT2D eigenvalue weighted by Crippen LogP contribution is -2.48. The van der Waals surface area contributed by atoms with Crippen LogP contribution in [-0.4, -0.2) is 11.7 Å². The maximum Gasteiger partial charge on any atom is 0.125 e. The number of hydrogen-bond acceptors (Lipinski definition) is 2. The van der Waals surface area contributed by atoms with E-state index in [0.717, 1.165) is 29.1 Å². The second-order valence-electron chi connectivity index (χ2n) is 7.65. The minimum absolute atomic E-state index is 0.127. The van der Waals surface area contributed by atoms with Crippen molar-refractivity contribution in [1.82, 2.24) is 0 Å². The van der Waals surface area contributed by atoms with Gasteiger partial charge < -0.3 is 9.84 Å². The van der Waals surface area contributed by atoms with Gasteiger partial charge in [0.2, 0.25) is 0 Å². The molecule has 4 fully saturated rings. The Morgan fingerprint density at radius 2 is 1.67 bits per heavy atom. The summed E-state index contributed by atoms with van der Waals surface area (Å²) in [7, 11) is 0. The van der Waals surface area contributed by atoms with Gasteiger partial charge in [0.05, 0.1) is 12.7 Å². The number of aliphatic hydroxyl groups excluding tert-OH is 1. The largest absolute Gasteiger partial charge is 0.493 e. The minimum Gasteiger partial charge on any atom is -0.493 e. The molecule has 0 spiro atoms. The molecule has 1 atom stereocenters. The van der Waals surface area contributed by atoms with Crippen LogP contribution in [0.3, 0.4) is 0 Å². The van der Waals surface area contributed by atoms with Crippen LogP contribution in [-0.2, 0) is 0 Å². The van der Waals surface area contributed by atoms with E-state index in [1.54, 1.807) is 0 Å². The Balaban J connectivity index is 1.67. The number of rotatable bonds is 4. The van der Waals surface area contributed by atoms with Gasteiger partial charge in [-0.15, -0.1) is 0 Å². The smallest absolute Gasteiger partial charge is 0.125 e. The summed E-state index contributed by atoms with van der Waals surface area (Å²) in [5.74, 6) is 3.48. The van der Waals surface area contributed by atoms with Crippen LogP contribution in [0.2, 0.25) is 0 Å². The molecule has 0 aromatic heterocycles. The maximum absolute atomic E-state index is 11.2. The molecule has 4 saturated carbocycles. The quantitative estimate of drug-likeness (QED) is 0.892. The summed E-state index contributed by atoms with van der Waals surface area (Å²) < 4.78 is 5.76. The molecule has 1 unspecified atom stereocenters. The van der Waals surface area contributed by atoms with Gasteiger partial charge >= 0.3 is 0 Å². The third kappa shape index (κ3) is 2.19. The molecule has 21 heavy (non-hydrogen) atoms. The number of aliphatic hydroxyl groups is 1. The van der Waals surface area contributed by atoms with Crippen molar-refractivity contribution < 1.29 is 9.84 Å². The highest BCUT2D eigenvalue weighted by Crippen LogP contribution is 2.64. The summed E-state index contributed by atoms with van der Waals surface area (Å²) in [5, 5.41) is 11.2. The Bertz CT molecular complexity index is 487. The molecule has 0 radical (unpaired) electrons. The van der Waals surface area contributed by atoms with Crippen molar-refractivity contribution in [3.8, 4) is 5.75 Å². The Kier molecular flexibility index (Phi) is 3.25. The van der Waals surface area contributed by atoms with Gasteiger partial charge in [-0.25, -0.2) is 0 Å². The van der Waals surface area contributed by atoms with E-state index in [2.05, 4.69) is 6.07 Å². The predicted octanol–water partition coefficient (Wildman–Crippen LogP) is 4.34. The molecule has 4 aliphatic carbocycles. The number of hydrogen-bond donors (Lipinski definition) is 1. The lowest BCUT2D eigenvalue weighted by atomic mass is 9.47. The number of ether oxygens (including phenoxy) is 1. The highest BCUT2D eigenvalue weighted by Gasteiger charge is 2.54. The maximum atomic E-state index is 11.2. The lowest BCUT2D eigenvalue weighted by molar-refractivity contribution is -0.122. The van der Waals surface area contributed by atoms with E-state index in [4.69, 9.17) is 4.74 Å². The SMILES string of the molecule is CCOc1ccccc1C(O)C12CC3CC(CC(C3)C1)C2. The average Bonchev–Trinajstić information content (AvgIpc) is 2.46. The summed E-state index contributed by atoms with van der Waals surface area (Å²) >= 11 is 0. The van der Waals surface area contributed by atoms with Crippen LogP contribution >= 0.6 is 0 Å². The Morgan fingerprint density at radius 1 is 1.10 bits per heavy atom. The van der Waals surface area contributed by atoms with Gasteiger partial charge in [-0.2, -0.15) is 0 Å². The van der Waals surface area contributed by atoms with Crippen LogP contribution in [0.5, 0.6) is 5.75 Å². The summed E-state index contributed by atoms with van der Waals surface area (Å²) in [4.78, 5) is 0. The molecular formula is C19H26O2. The second-order valence-corrected chi connectivity index (χ2v) is 7.65. The molecule has 114 valence electrons. The van der Waals surface area contributed by atoms with Crippen LogP contribution in [0.1, 0.15) is 57.1 Å². The predicted molar refractivity (Wildman–Crippen MR) is 83.2 cm³/mol. The zero-order chi connectivity index (χ0) is 14.4. The zero-order valence-corrected chi connectivity index (χ0v) is 12.9. The van der Waals surface area contributed by atoms with Crippen molar-refractivity contribution in [3.05, 3.63) is 29.8 Å². The molecule has 0 saturated heterocycles. The molecule has 2 heteroatoms. The lowest BCUT2D eigenvalue weighted by Gasteiger charge is -2.58. The van der Waals surface area contributed by atoms with Crippen LogP contribution in [0.15, 0.2) is 24.3 Å². The fourth-order valence-corrected chi connectivity index (χ4v) is 5.84. The van der Waals surface area contributed by atoms with Crippen LogP contribution in [0.4, 0.5) is 0 Å². The molecule has 2 nitrogen and oxygen atoms in total. The van der Waals surface area contributed by atoms with Crippen LogP contribution in [0, 0.1) is 23.2 Å². The zero-order valence-electron chi connectivity index (χ0n) is 12.9. The van der Waals surface area contributed by atoms with Crippen molar-refractivity contribution in [3.63, 3.8) is 0 Å². The molecule has 0 amide bonds. The van der Waals surface area contributed by atoms with Crippen molar-refractivity contribution in [2.45, 2.75) is 51.6 Å². The van der Waals surface area contributed by atoms with Gasteiger partial charge in [0.25, 0.3) is 0 Å². The van der Waals surface area contributed by atoms with Gasteiger partial charge in [-0.05, 0) is 69.3 Å².